The van der Waals surface area contributed by atoms with Gasteiger partial charge in [0.05, 0.1) is 17.3 Å². The first-order valence-electron chi connectivity index (χ1n) is 8.61. The molecule has 0 aliphatic rings. The number of nitriles is 1. The van der Waals surface area contributed by atoms with Crippen molar-refractivity contribution in [2.24, 2.45) is 0 Å². The molecule has 28 heavy (non-hydrogen) atoms. The van der Waals surface area contributed by atoms with Crippen LogP contribution in [0.4, 0.5) is 5.69 Å². The summed E-state index contributed by atoms with van der Waals surface area (Å²) in [6, 6.07) is 18.0. The van der Waals surface area contributed by atoms with Crippen LogP contribution in [-0.4, -0.2) is 26.6 Å². The largest absolute Gasteiger partial charge is 0.345 e. The Bertz CT molecular complexity index is 1020. The zero-order valence-corrected chi connectivity index (χ0v) is 15.2. The number of carbonyl (C=O) groups is 2. The molecule has 2 aromatic carbocycles. The zero-order chi connectivity index (χ0) is 19.9. The maximum absolute atomic E-state index is 12.7. The second-order valence-corrected chi connectivity index (χ2v) is 6.08. The standard InChI is InChI=1S/C20H18N6O2/c1-14(15-7-3-2-4-8-15)23-20(28)16-9-5-6-10-17(16)24-19(27)12-26-13-22-18(11-21)25-26/h2-10,13-14H,12H2,1H3,(H,23,28)(H,24,27). The normalized spacial score (nSPS) is 11.3. The Kier molecular flexibility index (Phi) is 5.77. The molecule has 0 saturated carbocycles. The molecule has 3 rings (SSSR count). The summed E-state index contributed by atoms with van der Waals surface area (Å²) < 4.78 is 1.26. The second kappa shape index (κ2) is 8.60. The third-order valence-electron chi connectivity index (χ3n) is 4.04. The van der Waals surface area contributed by atoms with Crippen LogP contribution in [0, 0.1) is 11.3 Å². The molecule has 1 aromatic heterocycles. The summed E-state index contributed by atoms with van der Waals surface area (Å²) in [6.07, 6.45) is 1.30. The molecule has 0 spiro atoms. The monoisotopic (exact) mass is 374 g/mol. The molecule has 2 N–H and O–H groups in total. The van der Waals surface area contributed by atoms with Gasteiger partial charge in [-0.15, -0.1) is 5.10 Å². The van der Waals surface area contributed by atoms with Gasteiger partial charge in [0.15, 0.2) is 0 Å². The van der Waals surface area contributed by atoms with Gasteiger partial charge in [0.1, 0.15) is 18.9 Å². The Hall–Kier alpha value is -3.99. The first-order chi connectivity index (χ1) is 13.6. The van der Waals surface area contributed by atoms with Crippen LogP contribution in [0.2, 0.25) is 0 Å². The zero-order valence-electron chi connectivity index (χ0n) is 15.2. The number of amides is 2. The summed E-state index contributed by atoms with van der Waals surface area (Å²) in [5.41, 5.74) is 1.73. The van der Waals surface area contributed by atoms with Crippen molar-refractivity contribution >= 4 is 17.5 Å². The number of benzene rings is 2. The van der Waals surface area contributed by atoms with E-state index in [0.29, 0.717) is 11.3 Å². The Balaban J connectivity index is 1.69. The predicted octanol–water partition coefficient (Wildman–Crippen LogP) is 2.28. The molecular weight excluding hydrogens is 356 g/mol. The fourth-order valence-electron chi connectivity index (χ4n) is 2.65. The van der Waals surface area contributed by atoms with Gasteiger partial charge in [-0.1, -0.05) is 42.5 Å². The maximum Gasteiger partial charge on any atom is 0.253 e. The molecule has 8 nitrogen and oxygen atoms in total. The van der Waals surface area contributed by atoms with Crippen molar-refractivity contribution in [3.63, 3.8) is 0 Å². The van der Waals surface area contributed by atoms with E-state index in [0.717, 1.165) is 5.56 Å². The summed E-state index contributed by atoms with van der Waals surface area (Å²) in [4.78, 5) is 28.7. The van der Waals surface area contributed by atoms with Gasteiger partial charge < -0.3 is 10.6 Å². The molecule has 3 aromatic rings. The minimum absolute atomic E-state index is 0.0116. The molecule has 1 heterocycles. The lowest BCUT2D eigenvalue weighted by atomic mass is 10.1. The van der Waals surface area contributed by atoms with Crippen molar-refractivity contribution < 1.29 is 9.59 Å². The van der Waals surface area contributed by atoms with Crippen LogP contribution in [0.25, 0.3) is 0 Å². The van der Waals surface area contributed by atoms with Crippen LogP contribution in [0.3, 0.4) is 0 Å². The van der Waals surface area contributed by atoms with Gasteiger partial charge in [-0.25, -0.2) is 9.67 Å². The van der Waals surface area contributed by atoms with E-state index in [1.165, 1.54) is 11.0 Å². The molecule has 140 valence electrons. The van der Waals surface area contributed by atoms with Crippen LogP contribution in [0.15, 0.2) is 60.9 Å². The highest BCUT2D eigenvalue weighted by molar-refractivity contribution is 6.03. The molecule has 0 radical (unpaired) electrons. The average molecular weight is 374 g/mol. The maximum atomic E-state index is 12.7. The fraction of sp³-hybridized carbons (Fsp3) is 0.150. The Morgan fingerprint density at radius 1 is 1.14 bits per heavy atom. The molecule has 2 amide bonds. The van der Waals surface area contributed by atoms with E-state index < -0.39 is 0 Å². The van der Waals surface area contributed by atoms with Crippen molar-refractivity contribution in [1.29, 1.82) is 5.26 Å². The molecule has 0 aliphatic carbocycles. The fourth-order valence-corrected chi connectivity index (χ4v) is 2.65. The van der Waals surface area contributed by atoms with Crippen molar-refractivity contribution in [2.75, 3.05) is 5.32 Å². The minimum atomic E-state index is -0.384. The minimum Gasteiger partial charge on any atom is -0.345 e. The van der Waals surface area contributed by atoms with Crippen LogP contribution in [0.1, 0.15) is 34.7 Å². The average Bonchev–Trinajstić information content (AvgIpc) is 3.16. The number of para-hydroxylation sites is 1. The molecule has 0 bridgehead atoms. The van der Waals surface area contributed by atoms with E-state index >= 15 is 0 Å². The number of hydrogen-bond donors (Lipinski definition) is 2. The number of anilines is 1. The number of aromatic nitrogens is 3. The Morgan fingerprint density at radius 3 is 2.57 bits per heavy atom. The lowest BCUT2D eigenvalue weighted by Gasteiger charge is -2.16. The molecule has 1 atom stereocenters. The number of carbonyl (C=O) groups excluding carboxylic acids is 2. The molecule has 8 heteroatoms. The number of nitrogens with zero attached hydrogens (tertiary/aromatic N) is 4. The van der Waals surface area contributed by atoms with Crippen molar-refractivity contribution in [1.82, 2.24) is 20.1 Å². The van der Waals surface area contributed by atoms with Crippen LogP contribution in [0.5, 0.6) is 0 Å². The third kappa shape index (κ3) is 4.59. The third-order valence-corrected chi connectivity index (χ3v) is 4.04. The van der Waals surface area contributed by atoms with Crippen molar-refractivity contribution in [3.05, 3.63) is 77.9 Å². The van der Waals surface area contributed by atoms with Gasteiger partial charge >= 0.3 is 0 Å². The summed E-state index contributed by atoms with van der Waals surface area (Å²) in [5, 5.41) is 18.2. The molecular formula is C20H18N6O2. The van der Waals surface area contributed by atoms with Gasteiger partial charge in [0.2, 0.25) is 5.91 Å². The van der Waals surface area contributed by atoms with Crippen molar-refractivity contribution in [2.45, 2.75) is 19.5 Å². The summed E-state index contributed by atoms with van der Waals surface area (Å²) in [5.74, 6) is -0.687. The molecule has 0 fully saturated rings. The van der Waals surface area contributed by atoms with Gasteiger partial charge in [-0.05, 0) is 24.6 Å². The highest BCUT2D eigenvalue weighted by Crippen LogP contribution is 2.18. The smallest absolute Gasteiger partial charge is 0.253 e. The topological polar surface area (TPSA) is 113 Å². The SMILES string of the molecule is CC(NC(=O)c1ccccc1NC(=O)Cn1cnc(C#N)n1)c1ccccc1. The number of rotatable bonds is 6. The summed E-state index contributed by atoms with van der Waals surface area (Å²) >= 11 is 0. The Morgan fingerprint density at radius 2 is 1.86 bits per heavy atom. The summed E-state index contributed by atoms with van der Waals surface area (Å²) in [6.45, 7) is 1.77. The van der Waals surface area contributed by atoms with E-state index in [1.807, 2.05) is 37.3 Å². The highest BCUT2D eigenvalue weighted by Gasteiger charge is 2.16. The molecule has 1 unspecified atom stereocenters. The van der Waals surface area contributed by atoms with Crippen molar-refractivity contribution in [3.8, 4) is 6.07 Å². The van der Waals surface area contributed by atoms with E-state index in [2.05, 4.69) is 20.7 Å². The van der Waals surface area contributed by atoms with E-state index in [9.17, 15) is 9.59 Å². The lowest BCUT2D eigenvalue weighted by molar-refractivity contribution is -0.116. The van der Waals surface area contributed by atoms with Gasteiger partial charge in [0.25, 0.3) is 11.7 Å². The second-order valence-electron chi connectivity index (χ2n) is 6.08. The van der Waals surface area contributed by atoms with Crippen LogP contribution < -0.4 is 10.6 Å². The van der Waals surface area contributed by atoms with Gasteiger partial charge in [-0.3, -0.25) is 9.59 Å². The highest BCUT2D eigenvalue weighted by atomic mass is 16.2. The number of hydrogen-bond acceptors (Lipinski definition) is 5. The lowest BCUT2D eigenvalue weighted by Crippen LogP contribution is -2.28. The first kappa shape index (κ1) is 18.8. The van der Waals surface area contributed by atoms with Crippen LogP contribution >= 0.6 is 0 Å². The first-order valence-corrected chi connectivity index (χ1v) is 8.61. The predicted molar refractivity (Wildman–Crippen MR) is 102 cm³/mol. The van der Waals surface area contributed by atoms with E-state index in [-0.39, 0.29) is 30.2 Å². The quantitative estimate of drug-likeness (QED) is 0.687. The number of nitrogens with one attached hydrogen (secondary N) is 2. The van der Waals surface area contributed by atoms with Gasteiger partial charge in [0, 0.05) is 0 Å². The van der Waals surface area contributed by atoms with E-state index in [1.54, 1.807) is 30.3 Å². The molecule has 0 saturated heterocycles. The Labute approximate surface area is 161 Å². The summed E-state index contributed by atoms with van der Waals surface area (Å²) in [7, 11) is 0. The van der Waals surface area contributed by atoms with E-state index in [4.69, 9.17) is 5.26 Å². The molecule has 0 aliphatic heterocycles. The van der Waals surface area contributed by atoms with Crippen LogP contribution in [-0.2, 0) is 11.3 Å². The van der Waals surface area contributed by atoms with Gasteiger partial charge in [-0.2, -0.15) is 5.26 Å².